The third kappa shape index (κ3) is 3.34. The number of pyridine rings is 1. The van der Waals surface area contributed by atoms with E-state index in [0.717, 1.165) is 48.6 Å². The molecule has 0 bridgehead atoms. The number of hydrogen-bond donors (Lipinski definition) is 1. The molecule has 27 heavy (non-hydrogen) atoms. The van der Waals surface area contributed by atoms with Crippen LogP contribution in [-0.4, -0.2) is 53.7 Å². The van der Waals surface area contributed by atoms with Crippen molar-refractivity contribution < 1.29 is 9.53 Å². The van der Waals surface area contributed by atoms with Gasteiger partial charge < -0.3 is 10.1 Å². The highest BCUT2D eigenvalue weighted by atomic mass is 16.5. The van der Waals surface area contributed by atoms with E-state index in [9.17, 15) is 4.79 Å². The molecule has 5 heteroatoms. The Balaban J connectivity index is 1.29. The summed E-state index contributed by atoms with van der Waals surface area (Å²) in [5.41, 5.74) is 3.59. The van der Waals surface area contributed by atoms with Crippen molar-refractivity contribution >= 4 is 16.8 Å². The summed E-state index contributed by atoms with van der Waals surface area (Å²) >= 11 is 0. The van der Waals surface area contributed by atoms with E-state index in [0.29, 0.717) is 17.7 Å². The van der Waals surface area contributed by atoms with E-state index < -0.39 is 0 Å². The molecule has 1 aliphatic carbocycles. The van der Waals surface area contributed by atoms with Gasteiger partial charge in [0, 0.05) is 30.6 Å². The van der Waals surface area contributed by atoms with Gasteiger partial charge in [-0.3, -0.25) is 14.7 Å². The Morgan fingerprint density at radius 1 is 1.22 bits per heavy atom. The predicted molar refractivity (Wildman–Crippen MR) is 105 cm³/mol. The first-order valence-electron chi connectivity index (χ1n) is 10.1. The fourth-order valence-electron chi connectivity index (χ4n) is 4.64. The maximum absolute atomic E-state index is 12.9. The molecule has 2 aliphatic heterocycles. The third-order valence-electron chi connectivity index (χ3n) is 6.33. The fourth-order valence-corrected chi connectivity index (χ4v) is 4.64. The standard InChI is InChI=1S/C22H27N3O2/c1-13-3-6-20-16(7-13)8-19(14(2)23-20)22(26)24-17-9-18-12-27-21(15-4-5-15)11-25(18)10-17/h3,6-8,15,17-18,21H,4-5,9-12H2,1-2H3,(H,24,26)/t17-,18-,21+/m0/s1. The highest BCUT2D eigenvalue weighted by Gasteiger charge is 2.42. The van der Waals surface area contributed by atoms with E-state index >= 15 is 0 Å². The molecular formula is C22H27N3O2. The number of carbonyl (C=O) groups excluding carboxylic acids is 1. The Morgan fingerprint density at radius 2 is 2.07 bits per heavy atom. The van der Waals surface area contributed by atoms with Crippen molar-refractivity contribution in [2.45, 2.75) is 51.3 Å². The Labute approximate surface area is 160 Å². The van der Waals surface area contributed by atoms with Gasteiger partial charge in [-0.15, -0.1) is 0 Å². The summed E-state index contributed by atoms with van der Waals surface area (Å²) in [5, 5.41) is 4.28. The molecule has 0 unspecified atom stereocenters. The van der Waals surface area contributed by atoms with Crippen LogP contribution in [0.5, 0.6) is 0 Å². The van der Waals surface area contributed by atoms with Crippen LogP contribution in [0.25, 0.3) is 10.9 Å². The van der Waals surface area contributed by atoms with Crippen LogP contribution in [0.2, 0.25) is 0 Å². The van der Waals surface area contributed by atoms with Crippen molar-refractivity contribution in [2.24, 2.45) is 5.92 Å². The van der Waals surface area contributed by atoms with Gasteiger partial charge in [0.2, 0.25) is 0 Å². The van der Waals surface area contributed by atoms with Gasteiger partial charge in [-0.25, -0.2) is 0 Å². The van der Waals surface area contributed by atoms with Crippen molar-refractivity contribution in [3.05, 3.63) is 41.1 Å². The first-order chi connectivity index (χ1) is 13.1. The number of aromatic nitrogens is 1. The molecule has 142 valence electrons. The molecule has 0 radical (unpaired) electrons. The lowest BCUT2D eigenvalue weighted by atomic mass is 10.1. The Bertz CT molecular complexity index is 893. The highest BCUT2D eigenvalue weighted by molar-refractivity contribution is 5.98. The van der Waals surface area contributed by atoms with Gasteiger partial charge in [0.15, 0.2) is 0 Å². The van der Waals surface area contributed by atoms with Crippen molar-refractivity contribution in [3.63, 3.8) is 0 Å². The van der Waals surface area contributed by atoms with Crippen molar-refractivity contribution in [1.29, 1.82) is 0 Å². The van der Waals surface area contributed by atoms with Gasteiger partial charge in [0.05, 0.1) is 29.5 Å². The largest absolute Gasteiger partial charge is 0.375 e. The average Bonchev–Trinajstić information content (AvgIpc) is 3.41. The van der Waals surface area contributed by atoms with Gasteiger partial charge in [-0.05, 0) is 57.2 Å². The number of morpholine rings is 1. The smallest absolute Gasteiger partial charge is 0.253 e. The molecule has 5 rings (SSSR count). The van der Waals surface area contributed by atoms with E-state index in [4.69, 9.17) is 4.74 Å². The van der Waals surface area contributed by atoms with Crippen LogP contribution in [0.3, 0.4) is 0 Å². The Hall–Kier alpha value is -1.98. The number of carbonyl (C=O) groups is 1. The van der Waals surface area contributed by atoms with E-state index in [2.05, 4.69) is 34.3 Å². The summed E-state index contributed by atoms with van der Waals surface area (Å²) in [6.45, 7) is 6.74. The second-order valence-corrected chi connectivity index (χ2v) is 8.54. The quantitative estimate of drug-likeness (QED) is 0.909. The molecule has 2 aromatic rings. The number of ether oxygens (including phenoxy) is 1. The molecule has 0 spiro atoms. The number of hydrogen-bond acceptors (Lipinski definition) is 4. The minimum absolute atomic E-state index is 0.00656. The van der Waals surface area contributed by atoms with Crippen molar-refractivity contribution in [2.75, 3.05) is 19.7 Å². The fraction of sp³-hybridized carbons (Fsp3) is 0.545. The number of amides is 1. The summed E-state index contributed by atoms with van der Waals surface area (Å²) in [6, 6.07) is 8.78. The Kier molecular flexibility index (Phi) is 4.17. The first kappa shape index (κ1) is 17.1. The molecule has 1 N–H and O–H groups in total. The molecule has 3 atom stereocenters. The molecule has 2 saturated heterocycles. The lowest BCUT2D eigenvalue weighted by molar-refractivity contribution is -0.0581. The molecule has 1 aromatic heterocycles. The second-order valence-electron chi connectivity index (χ2n) is 8.54. The summed E-state index contributed by atoms with van der Waals surface area (Å²) in [5.74, 6) is 0.766. The van der Waals surface area contributed by atoms with Crippen LogP contribution in [0.1, 0.15) is 40.9 Å². The second kappa shape index (κ2) is 6.57. The van der Waals surface area contributed by atoms with Crippen molar-refractivity contribution in [3.8, 4) is 0 Å². The lowest BCUT2D eigenvalue weighted by Gasteiger charge is -2.35. The highest BCUT2D eigenvalue weighted by Crippen LogP contribution is 2.37. The molecular weight excluding hydrogens is 338 g/mol. The number of benzene rings is 1. The van der Waals surface area contributed by atoms with E-state index in [1.54, 1.807) is 0 Å². The molecule has 1 saturated carbocycles. The number of nitrogens with zero attached hydrogens (tertiary/aromatic N) is 2. The zero-order valence-electron chi connectivity index (χ0n) is 16.1. The number of rotatable bonds is 3. The maximum Gasteiger partial charge on any atom is 0.253 e. The first-order valence-corrected chi connectivity index (χ1v) is 10.1. The van der Waals surface area contributed by atoms with Crippen LogP contribution in [-0.2, 0) is 4.74 Å². The van der Waals surface area contributed by atoms with Gasteiger partial charge in [0.25, 0.3) is 5.91 Å². The SMILES string of the molecule is Cc1ccc2nc(C)c(C(=O)N[C@H]3C[C@H]4CO[C@@H](C5CC5)CN4C3)cc2c1. The summed E-state index contributed by atoms with van der Waals surface area (Å²) in [7, 11) is 0. The molecule has 5 nitrogen and oxygen atoms in total. The monoisotopic (exact) mass is 365 g/mol. The molecule has 3 heterocycles. The third-order valence-corrected chi connectivity index (χ3v) is 6.33. The zero-order valence-corrected chi connectivity index (χ0v) is 16.1. The molecule has 1 aromatic carbocycles. The van der Waals surface area contributed by atoms with Crippen LogP contribution < -0.4 is 5.32 Å². The van der Waals surface area contributed by atoms with E-state index in [-0.39, 0.29) is 11.9 Å². The summed E-state index contributed by atoms with van der Waals surface area (Å²) in [6.07, 6.45) is 4.02. The van der Waals surface area contributed by atoms with Crippen LogP contribution >= 0.6 is 0 Å². The lowest BCUT2D eigenvalue weighted by Crippen LogP contribution is -2.47. The minimum Gasteiger partial charge on any atom is -0.375 e. The van der Waals surface area contributed by atoms with Gasteiger partial charge in [-0.2, -0.15) is 0 Å². The Morgan fingerprint density at radius 3 is 2.89 bits per heavy atom. The zero-order chi connectivity index (χ0) is 18.5. The minimum atomic E-state index is -0.00656. The summed E-state index contributed by atoms with van der Waals surface area (Å²) in [4.78, 5) is 20.1. The van der Waals surface area contributed by atoms with Gasteiger partial charge >= 0.3 is 0 Å². The summed E-state index contributed by atoms with van der Waals surface area (Å²) < 4.78 is 6.07. The topological polar surface area (TPSA) is 54.5 Å². The predicted octanol–water partition coefficient (Wildman–Crippen LogP) is 2.83. The normalized spacial score (nSPS) is 28.3. The van der Waals surface area contributed by atoms with E-state index in [1.165, 1.54) is 18.4 Å². The van der Waals surface area contributed by atoms with Gasteiger partial charge in [-0.1, -0.05) is 11.6 Å². The van der Waals surface area contributed by atoms with Gasteiger partial charge in [0.1, 0.15) is 0 Å². The van der Waals surface area contributed by atoms with Crippen LogP contribution in [0.4, 0.5) is 0 Å². The molecule has 3 aliphatic rings. The van der Waals surface area contributed by atoms with Crippen LogP contribution in [0, 0.1) is 19.8 Å². The number of fused-ring (bicyclic) bond motifs is 2. The molecule has 3 fully saturated rings. The van der Waals surface area contributed by atoms with Crippen molar-refractivity contribution in [1.82, 2.24) is 15.2 Å². The van der Waals surface area contributed by atoms with Crippen LogP contribution in [0.15, 0.2) is 24.3 Å². The number of aryl methyl sites for hydroxylation is 2. The van der Waals surface area contributed by atoms with E-state index in [1.807, 2.05) is 19.1 Å². The average molecular weight is 365 g/mol. The maximum atomic E-state index is 12.9. The number of nitrogens with one attached hydrogen (secondary N) is 1. The molecule has 1 amide bonds.